The molecule has 1 rings (SSSR count). The van der Waals surface area contributed by atoms with Crippen LogP contribution < -0.4 is 5.73 Å². The van der Waals surface area contributed by atoms with Gasteiger partial charge >= 0.3 is 0 Å². The molecule has 0 amide bonds. The molecule has 0 aromatic carbocycles. The third kappa shape index (κ3) is 4.28. The Balaban J connectivity index is 2.73. The number of hydrogen-bond donors (Lipinski definition) is 1. The predicted molar refractivity (Wildman–Crippen MR) is 64.7 cm³/mol. The normalized spacial score (nSPS) is 13.7. The first-order valence-electron chi connectivity index (χ1n) is 5.29. The Bertz CT molecular complexity index is 443. The first-order valence-corrected chi connectivity index (χ1v) is 7.11. The van der Waals surface area contributed by atoms with Crippen molar-refractivity contribution in [3.8, 4) is 0 Å². The van der Waals surface area contributed by atoms with Crippen LogP contribution in [0.5, 0.6) is 0 Å². The van der Waals surface area contributed by atoms with Crippen molar-refractivity contribution in [1.29, 1.82) is 0 Å². The van der Waals surface area contributed by atoms with Gasteiger partial charge in [0.1, 0.15) is 0 Å². The number of nitrogens with two attached hydrogens (primary N) is 1. The zero-order valence-electron chi connectivity index (χ0n) is 9.68. The minimum Gasteiger partial charge on any atom is -0.327 e. The minimum atomic E-state index is -3.13. The Morgan fingerprint density at radius 1 is 1.44 bits per heavy atom. The molecule has 1 unspecified atom stereocenters. The Hall–Kier alpha value is -0.940. The summed E-state index contributed by atoms with van der Waals surface area (Å²) in [6, 6.07) is 1.56. The van der Waals surface area contributed by atoms with Gasteiger partial charge in [-0.15, -0.1) is 0 Å². The maximum absolute atomic E-state index is 11.8. The van der Waals surface area contributed by atoms with Crippen LogP contribution in [-0.4, -0.2) is 25.2 Å². The Morgan fingerprint density at radius 2 is 2.12 bits per heavy atom. The predicted octanol–water partition coefficient (Wildman–Crippen LogP) is 1.04. The summed E-state index contributed by atoms with van der Waals surface area (Å²) in [7, 11) is -3.13. The number of hydrogen-bond acceptors (Lipinski definition) is 4. The van der Waals surface area contributed by atoms with Crippen molar-refractivity contribution in [2.45, 2.75) is 32.1 Å². The van der Waals surface area contributed by atoms with E-state index in [0.29, 0.717) is 6.42 Å². The second kappa shape index (κ2) is 5.41. The zero-order valence-corrected chi connectivity index (χ0v) is 10.5. The number of rotatable bonds is 5. The Kier molecular flexibility index (Phi) is 4.44. The molecule has 16 heavy (non-hydrogen) atoms. The van der Waals surface area contributed by atoms with Gasteiger partial charge in [0.15, 0.2) is 9.84 Å². The first kappa shape index (κ1) is 13.1. The molecular weight excluding hydrogens is 224 g/mol. The number of nitrogens with zero attached hydrogens (tertiary/aromatic N) is 1. The van der Waals surface area contributed by atoms with Gasteiger partial charge < -0.3 is 5.73 Å². The van der Waals surface area contributed by atoms with Crippen LogP contribution in [0.15, 0.2) is 18.5 Å². The van der Waals surface area contributed by atoms with Crippen LogP contribution in [0.4, 0.5) is 0 Å². The highest BCUT2D eigenvalue weighted by molar-refractivity contribution is 7.90. The lowest BCUT2D eigenvalue weighted by Crippen LogP contribution is -2.29. The highest BCUT2D eigenvalue weighted by atomic mass is 32.2. The molecule has 1 atom stereocenters. The number of sulfone groups is 1. The summed E-state index contributed by atoms with van der Waals surface area (Å²) >= 11 is 0. The van der Waals surface area contributed by atoms with Gasteiger partial charge in [-0.3, -0.25) is 4.98 Å². The van der Waals surface area contributed by atoms with Crippen molar-refractivity contribution in [1.82, 2.24) is 4.98 Å². The molecule has 0 bridgehead atoms. The van der Waals surface area contributed by atoms with Crippen LogP contribution in [0, 0.1) is 6.92 Å². The van der Waals surface area contributed by atoms with E-state index in [1.54, 1.807) is 12.4 Å². The molecule has 0 aliphatic heterocycles. The second-order valence-corrected chi connectivity index (χ2v) is 6.20. The van der Waals surface area contributed by atoms with Gasteiger partial charge in [0.2, 0.25) is 0 Å². The van der Waals surface area contributed by atoms with E-state index in [1.165, 1.54) is 0 Å². The summed E-state index contributed by atoms with van der Waals surface area (Å²) in [4.78, 5) is 3.97. The molecule has 0 spiro atoms. The Labute approximate surface area is 96.8 Å². The second-order valence-electron chi connectivity index (χ2n) is 4.09. The van der Waals surface area contributed by atoms with Gasteiger partial charge in [-0.2, -0.15) is 0 Å². The van der Waals surface area contributed by atoms with Crippen LogP contribution in [0.2, 0.25) is 0 Å². The van der Waals surface area contributed by atoms with E-state index in [0.717, 1.165) is 11.1 Å². The highest BCUT2D eigenvalue weighted by Crippen LogP contribution is 2.08. The molecule has 1 aromatic heterocycles. The number of aryl methyl sites for hydroxylation is 1. The lowest BCUT2D eigenvalue weighted by Gasteiger charge is -2.09. The first-order chi connectivity index (χ1) is 7.43. The Morgan fingerprint density at radius 3 is 2.69 bits per heavy atom. The van der Waals surface area contributed by atoms with Crippen molar-refractivity contribution >= 4 is 9.84 Å². The molecule has 1 aromatic rings. The third-order valence-corrected chi connectivity index (χ3v) is 4.02. The SMILES string of the molecule is CCC(N)CS(=O)(=O)Cc1cncc(C)c1. The van der Waals surface area contributed by atoms with Gasteiger partial charge in [0.25, 0.3) is 0 Å². The lowest BCUT2D eigenvalue weighted by atomic mass is 10.2. The van der Waals surface area contributed by atoms with E-state index >= 15 is 0 Å². The average Bonchev–Trinajstić information content (AvgIpc) is 2.15. The fourth-order valence-corrected chi connectivity index (χ4v) is 3.12. The summed E-state index contributed by atoms with van der Waals surface area (Å²) in [6.45, 7) is 3.77. The molecular formula is C11H18N2O2S. The van der Waals surface area contributed by atoms with Crippen molar-refractivity contribution in [2.24, 2.45) is 5.73 Å². The molecule has 0 fully saturated rings. The van der Waals surface area contributed by atoms with E-state index in [2.05, 4.69) is 4.98 Å². The van der Waals surface area contributed by atoms with Crippen LogP contribution >= 0.6 is 0 Å². The van der Waals surface area contributed by atoms with E-state index in [1.807, 2.05) is 19.9 Å². The summed E-state index contributed by atoms with van der Waals surface area (Å²) < 4.78 is 23.5. The summed E-state index contributed by atoms with van der Waals surface area (Å²) in [6.07, 6.45) is 3.96. The van der Waals surface area contributed by atoms with Crippen LogP contribution in [0.25, 0.3) is 0 Å². The van der Waals surface area contributed by atoms with Crippen LogP contribution in [0.1, 0.15) is 24.5 Å². The average molecular weight is 242 g/mol. The summed E-state index contributed by atoms with van der Waals surface area (Å²) in [5.74, 6) is 0.0623. The van der Waals surface area contributed by atoms with Gasteiger partial charge in [-0.1, -0.05) is 13.0 Å². The van der Waals surface area contributed by atoms with E-state index in [9.17, 15) is 8.42 Å². The topological polar surface area (TPSA) is 73.1 Å². The zero-order chi connectivity index (χ0) is 12.2. The number of aromatic nitrogens is 1. The molecule has 90 valence electrons. The number of pyridine rings is 1. The molecule has 4 nitrogen and oxygen atoms in total. The fourth-order valence-electron chi connectivity index (χ4n) is 1.45. The summed E-state index contributed by atoms with van der Waals surface area (Å²) in [5, 5.41) is 0. The van der Waals surface area contributed by atoms with Gasteiger partial charge in [0.05, 0.1) is 11.5 Å². The third-order valence-electron chi connectivity index (χ3n) is 2.31. The van der Waals surface area contributed by atoms with Crippen molar-refractivity contribution < 1.29 is 8.42 Å². The van der Waals surface area contributed by atoms with Gasteiger partial charge in [-0.05, 0) is 24.5 Å². The molecule has 0 radical (unpaired) electrons. The molecule has 0 saturated heterocycles. The van der Waals surface area contributed by atoms with Crippen molar-refractivity contribution in [3.63, 3.8) is 0 Å². The van der Waals surface area contributed by atoms with Gasteiger partial charge in [-0.25, -0.2) is 8.42 Å². The molecule has 2 N–H and O–H groups in total. The molecule has 0 aliphatic carbocycles. The van der Waals surface area contributed by atoms with E-state index in [-0.39, 0.29) is 17.5 Å². The van der Waals surface area contributed by atoms with Crippen molar-refractivity contribution in [2.75, 3.05) is 5.75 Å². The smallest absolute Gasteiger partial charge is 0.156 e. The fraction of sp³-hybridized carbons (Fsp3) is 0.545. The van der Waals surface area contributed by atoms with Gasteiger partial charge in [0, 0.05) is 18.4 Å². The standard InChI is InChI=1S/C11H18N2O2S/c1-3-11(12)8-16(14,15)7-10-4-9(2)5-13-6-10/h4-6,11H,3,7-8,12H2,1-2H3. The van der Waals surface area contributed by atoms with Crippen LogP contribution in [-0.2, 0) is 15.6 Å². The molecule has 0 saturated carbocycles. The minimum absolute atomic E-state index is 0.0232. The maximum atomic E-state index is 11.8. The van der Waals surface area contributed by atoms with Crippen molar-refractivity contribution in [3.05, 3.63) is 29.6 Å². The molecule has 5 heteroatoms. The van der Waals surface area contributed by atoms with E-state index < -0.39 is 9.84 Å². The van der Waals surface area contributed by atoms with Crippen LogP contribution in [0.3, 0.4) is 0 Å². The molecule has 1 heterocycles. The quantitative estimate of drug-likeness (QED) is 0.837. The maximum Gasteiger partial charge on any atom is 0.156 e. The van der Waals surface area contributed by atoms with E-state index in [4.69, 9.17) is 5.73 Å². The largest absolute Gasteiger partial charge is 0.327 e. The molecule has 0 aliphatic rings. The lowest BCUT2D eigenvalue weighted by molar-refractivity contribution is 0.583. The monoisotopic (exact) mass is 242 g/mol. The highest BCUT2D eigenvalue weighted by Gasteiger charge is 2.16. The summed E-state index contributed by atoms with van der Waals surface area (Å²) in [5.41, 5.74) is 7.34.